The SMILES string of the molecule is O=C1CCN(N2C(=O)c3ccc(CN4CCN(c5cccc(F)c5)CC4)cc3C2=O)C(=O)N1. The van der Waals surface area contributed by atoms with E-state index in [0.717, 1.165) is 47.4 Å². The lowest BCUT2D eigenvalue weighted by Crippen LogP contribution is -2.58. The second-order valence-corrected chi connectivity index (χ2v) is 8.27. The van der Waals surface area contributed by atoms with E-state index in [0.29, 0.717) is 6.54 Å². The zero-order chi connectivity index (χ0) is 23.1. The van der Waals surface area contributed by atoms with E-state index in [9.17, 15) is 23.6 Å². The molecule has 10 heteroatoms. The Morgan fingerprint density at radius 2 is 1.61 bits per heavy atom. The van der Waals surface area contributed by atoms with Gasteiger partial charge in [0.25, 0.3) is 11.8 Å². The molecule has 0 radical (unpaired) electrons. The molecular formula is C23H22FN5O4. The fraction of sp³-hybridized carbons (Fsp3) is 0.304. The highest BCUT2D eigenvalue weighted by molar-refractivity contribution is 6.22. The van der Waals surface area contributed by atoms with Crippen molar-refractivity contribution in [2.75, 3.05) is 37.6 Å². The third kappa shape index (κ3) is 3.93. The number of urea groups is 1. The first kappa shape index (κ1) is 21.1. The molecule has 9 nitrogen and oxygen atoms in total. The molecule has 5 amide bonds. The van der Waals surface area contributed by atoms with Crippen molar-refractivity contribution in [2.45, 2.75) is 13.0 Å². The number of anilines is 1. The second-order valence-electron chi connectivity index (χ2n) is 8.27. The number of hydrogen-bond donors (Lipinski definition) is 1. The monoisotopic (exact) mass is 451 g/mol. The van der Waals surface area contributed by atoms with Crippen LogP contribution in [0.2, 0.25) is 0 Å². The zero-order valence-electron chi connectivity index (χ0n) is 17.8. The van der Waals surface area contributed by atoms with Gasteiger partial charge in [0.15, 0.2) is 0 Å². The number of hydrazine groups is 1. The summed E-state index contributed by atoms with van der Waals surface area (Å²) in [5, 5.41) is 3.93. The molecule has 0 unspecified atom stereocenters. The minimum atomic E-state index is -0.780. The van der Waals surface area contributed by atoms with Gasteiger partial charge in [0, 0.05) is 44.8 Å². The molecule has 0 saturated carbocycles. The lowest BCUT2D eigenvalue weighted by Gasteiger charge is -2.36. The predicted octanol–water partition coefficient (Wildman–Crippen LogP) is 1.60. The number of rotatable bonds is 4. The van der Waals surface area contributed by atoms with Gasteiger partial charge in [0.2, 0.25) is 5.91 Å². The van der Waals surface area contributed by atoms with Crippen LogP contribution in [0, 0.1) is 5.82 Å². The molecule has 3 aliphatic rings. The Morgan fingerprint density at radius 1 is 0.848 bits per heavy atom. The summed E-state index contributed by atoms with van der Waals surface area (Å²) >= 11 is 0. The average molecular weight is 451 g/mol. The Labute approximate surface area is 189 Å². The number of nitrogens with one attached hydrogen (secondary N) is 1. The van der Waals surface area contributed by atoms with Gasteiger partial charge >= 0.3 is 6.03 Å². The van der Waals surface area contributed by atoms with Crippen LogP contribution in [0.1, 0.15) is 32.7 Å². The summed E-state index contributed by atoms with van der Waals surface area (Å²) in [5.74, 6) is -1.84. The van der Waals surface area contributed by atoms with E-state index in [1.54, 1.807) is 18.2 Å². The summed E-state index contributed by atoms with van der Waals surface area (Å²) in [4.78, 5) is 53.6. The molecule has 0 atom stereocenters. The van der Waals surface area contributed by atoms with E-state index in [1.807, 2.05) is 12.1 Å². The highest BCUT2D eigenvalue weighted by atomic mass is 19.1. The third-order valence-corrected chi connectivity index (χ3v) is 6.15. The fourth-order valence-electron chi connectivity index (χ4n) is 4.43. The number of amides is 5. The first-order valence-corrected chi connectivity index (χ1v) is 10.8. The van der Waals surface area contributed by atoms with Gasteiger partial charge in [-0.2, -0.15) is 5.01 Å². The smallest absolute Gasteiger partial charge is 0.343 e. The minimum Gasteiger partial charge on any atom is -0.369 e. The molecule has 2 aromatic rings. The number of imide groups is 2. The van der Waals surface area contributed by atoms with E-state index < -0.39 is 23.8 Å². The van der Waals surface area contributed by atoms with E-state index in [1.165, 1.54) is 12.1 Å². The van der Waals surface area contributed by atoms with Gasteiger partial charge < -0.3 is 4.90 Å². The van der Waals surface area contributed by atoms with Crippen molar-refractivity contribution < 1.29 is 23.6 Å². The molecule has 170 valence electrons. The van der Waals surface area contributed by atoms with Gasteiger partial charge in [0.05, 0.1) is 17.7 Å². The topological polar surface area (TPSA) is 93.3 Å². The van der Waals surface area contributed by atoms with Gasteiger partial charge in [-0.3, -0.25) is 24.6 Å². The largest absolute Gasteiger partial charge is 0.369 e. The Morgan fingerprint density at radius 3 is 2.33 bits per heavy atom. The number of piperazine rings is 1. The average Bonchev–Trinajstić information content (AvgIpc) is 3.04. The van der Waals surface area contributed by atoms with E-state index >= 15 is 0 Å². The van der Waals surface area contributed by atoms with Gasteiger partial charge in [-0.1, -0.05) is 12.1 Å². The van der Waals surface area contributed by atoms with Crippen molar-refractivity contribution in [2.24, 2.45) is 0 Å². The van der Waals surface area contributed by atoms with Crippen LogP contribution >= 0.6 is 0 Å². The summed E-state index contributed by atoms with van der Waals surface area (Å²) in [6, 6.07) is 10.9. The van der Waals surface area contributed by atoms with Gasteiger partial charge in [-0.15, -0.1) is 0 Å². The minimum absolute atomic E-state index is 0.0198. The van der Waals surface area contributed by atoms with Crippen LogP contribution in [0.5, 0.6) is 0 Å². The first-order chi connectivity index (χ1) is 15.9. The molecule has 3 aliphatic heterocycles. The Kier molecular flexibility index (Phi) is 5.29. The number of carbonyl (C=O) groups is 4. The first-order valence-electron chi connectivity index (χ1n) is 10.8. The standard InChI is InChI=1S/C23H22FN5O4/c24-16-2-1-3-17(13-16)27-10-8-26(9-11-27)14-15-4-5-18-19(12-15)22(32)29(21(18)31)28-7-6-20(30)25-23(28)33/h1-5,12-13H,6-11,14H2,(H,25,30,33). The van der Waals surface area contributed by atoms with E-state index in [2.05, 4.69) is 15.1 Å². The van der Waals surface area contributed by atoms with Crippen molar-refractivity contribution in [3.63, 3.8) is 0 Å². The Bertz CT molecular complexity index is 1160. The maximum atomic E-state index is 13.5. The molecule has 5 rings (SSSR count). The van der Waals surface area contributed by atoms with Crippen molar-refractivity contribution >= 4 is 29.4 Å². The quantitative estimate of drug-likeness (QED) is 0.710. The lowest BCUT2D eigenvalue weighted by molar-refractivity contribution is -0.122. The maximum Gasteiger partial charge on any atom is 0.343 e. The van der Waals surface area contributed by atoms with Crippen LogP contribution in [0.3, 0.4) is 0 Å². The molecule has 0 spiro atoms. The van der Waals surface area contributed by atoms with Crippen molar-refractivity contribution in [3.8, 4) is 0 Å². The van der Waals surface area contributed by atoms with E-state index in [4.69, 9.17) is 0 Å². The van der Waals surface area contributed by atoms with E-state index in [-0.39, 0.29) is 29.9 Å². The van der Waals surface area contributed by atoms with Crippen LogP contribution < -0.4 is 10.2 Å². The molecule has 33 heavy (non-hydrogen) atoms. The maximum absolute atomic E-state index is 13.5. The van der Waals surface area contributed by atoms with Crippen molar-refractivity contribution in [1.29, 1.82) is 0 Å². The number of fused-ring (bicyclic) bond motifs is 1. The van der Waals surface area contributed by atoms with Gasteiger partial charge in [-0.05, 0) is 35.9 Å². The van der Waals surface area contributed by atoms with Gasteiger partial charge in [-0.25, -0.2) is 14.2 Å². The van der Waals surface area contributed by atoms with Crippen LogP contribution in [0.4, 0.5) is 14.9 Å². The molecule has 0 bridgehead atoms. The third-order valence-electron chi connectivity index (χ3n) is 6.15. The molecule has 2 aromatic carbocycles. The summed E-state index contributed by atoms with van der Waals surface area (Å²) in [5.41, 5.74) is 2.24. The number of nitrogens with zero attached hydrogens (tertiary/aromatic N) is 4. The number of halogens is 1. The molecule has 3 heterocycles. The highest BCUT2D eigenvalue weighted by Gasteiger charge is 2.43. The second kappa shape index (κ2) is 8.28. The zero-order valence-corrected chi connectivity index (χ0v) is 17.8. The van der Waals surface area contributed by atoms with Gasteiger partial charge in [0.1, 0.15) is 5.82 Å². The molecule has 2 fully saturated rings. The molecule has 0 aliphatic carbocycles. The Balaban J connectivity index is 1.26. The summed E-state index contributed by atoms with van der Waals surface area (Å²) in [6.07, 6.45) is 0.0198. The summed E-state index contributed by atoms with van der Waals surface area (Å²) in [6.45, 7) is 3.62. The summed E-state index contributed by atoms with van der Waals surface area (Å²) in [7, 11) is 0. The lowest BCUT2D eigenvalue weighted by atomic mass is 10.1. The number of benzene rings is 2. The molecule has 2 saturated heterocycles. The highest BCUT2D eigenvalue weighted by Crippen LogP contribution is 2.27. The fourth-order valence-corrected chi connectivity index (χ4v) is 4.43. The van der Waals surface area contributed by atoms with Crippen LogP contribution in [0.25, 0.3) is 0 Å². The van der Waals surface area contributed by atoms with Crippen molar-refractivity contribution in [1.82, 2.24) is 20.2 Å². The predicted molar refractivity (Wildman–Crippen MR) is 116 cm³/mol. The molecule has 1 N–H and O–H groups in total. The Hall–Kier alpha value is -3.79. The number of carbonyl (C=O) groups excluding carboxylic acids is 4. The van der Waals surface area contributed by atoms with Crippen LogP contribution in [0.15, 0.2) is 42.5 Å². The molecular weight excluding hydrogens is 429 g/mol. The normalized spacial score (nSPS) is 19.2. The summed E-state index contributed by atoms with van der Waals surface area (Å²) < 4.78 is 13.5. The van der Waals surface area contributed by atoms with Crippen LogP contribution in [-0.4, -0.2) is 71.4 Å². The number of hydrogen-bond acceptors (Lipinski definition) is 6. The van der Waals surface area contributed by atoms with Crippen molar-refractivity contribution in [3.05, 3.63) is 65.0 Å². The molecule has 0 aromatic heterocycles. The van der Waals surface area contributed by atoms with Crippen LogP contribution in [-0.2, 0) is 11.3 Å².